The Morgan fingerprint density at radius 1 is 1.05 bits per heavy atom. The van der Waals surface area contributed by atoms with E-state index in [1.165, 1.54) is 33.7 Å². The molecule has 0 spiro atoms. The Labute approximate surface area is 251 Å². The molecule has 2 unspecified atom stereocenters. The van der Waals surface area contributed by atoms with Gasteiger partial charge >= 0.3 is 17.7 Å². The van der Waals surface area contributed by atoms with E-state index in [0.717, 1.165) is 12.8 Å². The van der Waals surface area contributed by atoms with Gasteiger partial charge in [-0.3, -0.25) is 23.5 Å². The number of urea groups is 1. The number of benzene rings is 2. The summed E-state index contributed by atoms with van der Waals surface area (Å²) in [6.45, 7) is 3.92. The van der Waals surface area contributed by atoms with Gasteiger partial charge in [-0.05, 0) is 75.4 Å². The van der Waals surface area contributed by atoms with Crippen molar-refractivity contribution in [3.8, 4) is 6.07 Å². The Morgan fingerprint density at radius 2 is 1.72 bits per heavy atom. The summed E-state index contributed by atoms with van der Waals surface area (Å²) in [5.41, 5.74) is 0.547. The van der Waals surface area contributed by atoms with Gasteiger partial charge in [-0.1, -0.05) is 11.6 Å². The zero-order valence-electron chi connectivity index (χ0n) is 23.7. The van der Waals surface area contributed by atoms with Crippen LogP contribution in [0.2, 0.25) is 5.02 Å². The Morgan fingerprint density at radius 3 is 2.35 bits per heavy atom. The van der Waals surface area contributed by atoms with E-state index >= 15 is 0 Å². The highest BCUT2D eigenvalue weighted by atomic mass is 35.5. The third-order valence-electron chi connectivity index (χ3n) is 7.89. The molecule has 3 amide bonds. The highest BCUT2D eigenvalue weighted by molar-refractivity contribution is 6.32. The Balaban J connectivity index is 1.38. The van der Waals surface area contributed by atoms with E-state index in [2.05, 4.69) is 10.6 Å². The predicted molar refractivity (Wildman–Crippen MR) is 160 cm³/mol. The first kappa shape index (κ1) is 29.8. The van der Waals surface area contributed by atoms with Gasteiger partial charge in [-0.2, -0.15) is 5.26 Å². The molecule has 1 aliphatic carbocycles. The van der Waals surface area contributed by atoms with Gasteiger partial charge in [0.05, 0.1) is 33.3 Å². The summed E-state index contributed by atoms with van der Waals surface area (Å²) < 4.78 is 2.83. The van der Waals surface area contributed by atoms with Gasteiger partial charge in [0.2, 0.25) is 5.91 Å². The van der Waals surface area contributed by atoms with Crippen LogP contribution in [-0.2, 0) is 16.1 Å². The van der Waals surface area contributed by atoms with Gasteiger partial charge in [0.15, 0.2) is 0 Å². The first-order chi connectivity index (χ1) is 20.5. The molecule has 2 heterocycles. The maximum absolute atomic E-state index is 13.4. The summed E-state index contributed by atoms with van der Waals surface area (Å²) in [6.07, 6.45) is 1.96. The molecule has 0 radical (unpaired) electrons. The van der Waals surface area contributed by atoms with Gasteiger partial charge in [0, 0.05) is 37.1 Å². The number of likely N-dealkylation sites (tertiary alicyclic amines) is 1. The van der Waals surface area contributed by atoms with E-state index in [-0.39, 0.29) is 47.2 Å². The molecule has 2 aromatic carbocycles. The standard InChI is InChI=1S/C30H31ClN6O6/c1-16(2)37-25-8-7-21(10-23(25)27(39)36(30(37)43)13-17-3-4-17)34-29(42)35-14-19(9-20(15-35)28(40)41)26(38)33-22-6-5-18(12-32)24(31)11-22/h5-8,10-11,16-17,19-20H,3-4,9,13-15H2,1-2H3,(H,33,38)(H,34,42)(H,40,41). The molecule has 2 aliphatic rings. The van der Waals surface area contributed by atoms with Gasteiger partial charge in [0.25, 0.3) is 5.56 Å². The number of nitriles is 1. The molecule has 2 fully saturated rings. The number of nitrogens with zero attached hydrogens (tertiary/aromatic N) is 4. The molecular weight excluding hydrogens is 576 g/mol. The number of rotatable bonds is 7. The highest BCUT2D eigenvalue weighted by Gasteiger charge is 2.37. The summed E-state index contributed by atoms with van der Waals surface area (Å²) >= 11 is 6.07. The van der Waals surface area contributed by atoms with Crippen molar-refractivity contribution in [1.29, 1.82) is 5.26 Å². The number of nitrogens with one attached hydrogen (secondary N) is 2. The molecule has 3 aromatic rings. The van der Waals surface area contributed by atoms with E-state index < -0.39 is 35.3 Å². The number of hydrogen-bond donors (Lipinski definition) is 3. The van der Waals surface area contributed by atoms with Crippen molar-refractivity contribution >= 4 is 51.8 Å². The lowest BCUT2D eigenvalue weighted by Crippen LogP contribution is -2.50. The fraction of sp³-hybridized carbons (Fsp3) is 0.400. The number of amides is 3. The highest BCUT2D eigenvalue weighted by Crippen LogP contribution is 2.30. The number of carboxylic acid groups (broad SMARTS) is 1. The second kappa shape index (κ2) is 11.9. The lowest BCUT2D eigenvalue weighted by molar-refractivity contribution is -0.144. The average Bonchev–Trinajstić information content (AvgIpc) is 3.79. The molecule has 0 bridgehead atoms. The predicted octanol–water partition coefficient (Wildman–Crippen LogP) is 3.87. The Hall–Kier alpha value is -4.63. The fourth-order valence-corrected chi connectivity index (χ4v) is 5.67. The Bertz CT molecular complexity index is 1790. The smallest absolute Gasteiger partial charge is 0.331 e. The topological polar surface area (TPSA) is 167 Å². The van der Waals surface area contributed by atoms with Crippen molar-refractivity contribution in [2.75, 3.05) is 23.7 Å². The number of fused-ring (bicyclic) bond motifs is 1. The molecule has 1 saturated carbocycles. The van der Waals surface area contributed by atoms with E-state index in [1.54, 1.807) is 16.7 Å². The number of aliphatic carboxylic acids is 1. The normalized spacial score (nSPS) is 18.3. The zero-order chi connectivity index (χ0) is 31.0. The van der Waals surface area contributed by atoms with Gasteiger partial charge in [-0.25, -0.2) is 9.59 Å². The molecule has 1 aliphatic heterocycles. The van der Waals surface area contributed by atoms with Crippen LogP contribution in [0.3, 0.4) is 0 Å². The van der Waals surface area contributed by atoms with Crippen molar-refractivity contribution in [1.82, 2.24) is 14.0 Å². The largest absolute Gasteiger partial charge is 0.481 e. The van der Waals surface area contributed by atoms with Crippen LogP contribution in [0.1, 0.15) is 44.7 Å². The lowest BCUT2D eigenvalue weighted by atomic mass is 9.88. The molecule has 224 valence electrons. The summed E-state index contributed by atoms with van der Waals surface area (Å²) in [7, 11) is 0. The third-order valence-corrected chi connectivity index (χ3v) is 8.20. The number of aromatic nitrogens is 2. The zero-order valence-corrected chi connectivity index (χ0v) is 24.4. The number of carboxylic acids is 1. The molecule has 2 atom stereocenters. The van der Waals surface area contributed by atoms with Crippen LogP contribution in [0.4, 0.5) is 16.2 Å². The molecule has 3 N–H and O–H groups in total. The molecule has 1 aromatic heterocycles. The fourth-order valence-electron chi connectivity index (χ4n) is 5.44. The number of halogens is 1. The molecule has 12 nitrogen and oxygen atoms in total. The van der Waals surface area contributed by atoms with Crippen LogP contribution in [0.15, 0.2) is 46.0 Å². The number of carbonyl (C=O) groups excluding carboxylic acids is 2. The molecular formula is C30H31ClN6O6. The minimum absolute atomic E-state index is 0.0260. The van der Waals surface area contributed by atoms with E-state index in [1.807, 2.05) is 19.9 Å². The minimum atomic E-state index is -1.13. The number of piperidine rings is 1. The summed E-state index contributed by atoms with van der Waals surface area (Å²) in [5, 5.41) is 24.7. The van der Waals surface area contributed by atoms with E-state index in [4.69, 9.17) is 16.9 Å². The quantitative estimate of drug-likeness (QED) is 0.367. The van der Waals surface area contributed by atoms with Crippen LogP contribution in [-0.4, -0.2) is 50.1 Å². The minimum Gasteiger partial charge on any atom is -0.481 e. The SMILES string of the molecule is CC(C)n1c(=O)n(CC2CC2)c(=O)c2cc(NC(=O)N3CC(C(=O)O)CC(C(=O)Nc4ccc(C#N)c(Cl)c4)C3)ccc21. The van der Waals surface area contributed by atoms with Crippen molar-refractivity contribution in [3.63, 3.8) is 0 Å². The maximum atomic E-state index is 13.4. The van der Waals surface area contributed by atoms with Crippen molar-refractivity contribution in [2.24, 2.45) is 17.8 Å². The number of hydrogen-bond acceptors (Lipinski definition) is 6. The second-order valence-corrected chi connectivity index (χ2v) is 11.8. The van der Waals surface area contributed by atoms with Crippen molar-refractivity contribution in [2.45, 2.75) is 45.7 Å². The lowest BCUT2D eigenvalue weighted by Gasteiger charge is -2.35. The van der Waals surface area contributed by atoms with Crippen molar-refractivity contribution in [3.05, 3.63) is 67.8 Å². The van der Waals surface area contributed by atoms with Crippen LogP contribution < -0.4 is 21.9 Å². The second-order valence-electron chi connectivity index (χ2n) is 11.4. The summed E-state index contributed by atoms with van der Waals surface area (Å²) in [6, 6.07) is 10.2. The van der Waals surface area contributed by atoms with Crippen molar-refractivity contribution < 1.29 is 19.5 Å². The number of carbonyl (C=O) groups is 3. The summed E-state index contributed by atoms with van der Waals surface area (Å²) in [4.78, 5) is 66.2. The third kappa shape index (κ3) is 6.27. The molecule has 43 heavy (non-hydrogen) atoms. The number of anilines is 2. The van der Waals surface area contributed by atoms with Gasteiger partial charge in [-0.15, -0.1) is 0 Å². The van der Waals surface area contributed by atoms with E-state index in [9.17, 15) is 29.1 Å². The summed E-state index contributed by atoms with van der Waals surface area (Å²) in [5.74, 6) is -3.14. The molecule has 13 heteroatoms. The maximum Gasteiger partial charge on any atom is 0.331 e. The van der Waals surface area contributed by atoms with Gasteiger partial charge in [0.1, 0.15) is 6.07 Å². The first-order valence-corrected chi connectivity index (χ1v) is 14.4. The van der Waals surface area contributed by atoms with E-state index in [0.29, 0.717) is 29.4 Å². The van der Waals surface area contributed by atoms with Crippen LogP contribution in [0.5, 0.6) is 0 Å². The van der Waals surface area contributed by atoms with Gasteiger partial charge < -0.3 is 20.6 Å². The van der Waals surface area contributed by atoms with Crippen LogP contribution in [0, 0.1) is 29.1 Å². The Kier molecular flexibility index (Phi) is 8.28. The van der Waals surface area contributed by atoms with Crippen LogP contribution >= 0.6 is 11.6 Å². The van der Waals surface area contributed by atoms with Crippen LogP contribution in [0.25, 0.3) is 10.9 Å². The monoisotopic (exact) mass is 606 g/mol. The first-order valence-electron chi connectivity index (χ1n) is 14.0. The molecule has 1 saturated heterocycles. The average molecular weight is 607 g/mol. The molecule has 5 rings (SSSR count).